The monoisotopic (exact) mass is 384 g/mol. The molecule has 140 valence electrons. The van der Waals surface area contributed by atoms with Crippen molar-refractivity contribution < 1.29 is 14.7 Å². The molecule has 1 aromatic carbocycles. The normalized spacial score (nSPS) is 15.1. The zero-order chi connectivity index (χ0) is 19.2. The fraction of sp³-hybridized carbons (Fsp3) is 0.316. The van der Waals surface area contributed by atoms with Crippen LogP contribution in [-0.4, -0.2) is 35.2 Å². The number of amides is 3. The number of aliphatic hydroxyl groups excluding tert-OH is 1. The summed E-state index contributed by atoms with van der Waals surface area (Å²) in [6.07, 6.45) is 7.75. The molecule has 0 radical (unpaired) electrons. The van der Waals surface area contributed by atoms with Gasteiger partial charge < -0.3 is 15.3 Å². The minimum atomic E-state index is -0.582. The Morgan fingerprint density at radius 3 is 2.78 bits per heavy atom. The SMILES string of the molecule is C#Cc1nc(NC(=O)NC(CO)c2ccc(N3CCCCC3=O)cc2)cs1. The van der Waals surface area contributed by atoms with Gasteiger partial charge in [-0.25, -0.2) is 9.78 Å². The third kappa shape index (κ3) is 4.64. The van der Waals surface area contributed by atoms with Crippen LogP contribution in [0.5, 0.6) is 0 Å². The van der Waals surface area contributed by atoms with Gasteiger partial charge in [0, 0.05) is 24.0 Å². The third-order valence-corrected chi connectivity index (χ3v) is 5.06. The number of anilines is 2. The van der Waals surface area contributed by atoms with E-state index in [0.717, 1.165) is 30.6 Å². The zero-order valence-electron chi connectivity index (χ0n) is 14.6. The number of nitrogens with zero attached hydrogens (tertiary/aromatic N) is 2. The number of carbonyl (C=O) groups is 2. The van der Waals surface area contributed by atoms with Gasteiger partial charge in [-0.1, -0.05) is 12.1 Å². The maximum absolute atomic E-state index is 12.1. The van der Waals surface area contributed by atoms with Gasteiger partial charge in [0.2, 0.25) is 5.91 Å². The number of benzene rings is 1. The van der Waals surface area contributed by atoms with E-state index in [-0.39, 0.29) is 12.5 Å². The second-order valence-corrected chi connectivity index (χ2v) is 6.97. The summed E-state index contributed by atoms with van der Waals surface area (Å²) in [5.41, 5.74) is 1.57. The van der Waals surface area contributed by atoms with E-state index in [1.54, 1.807) is 22.4 Å². The van der Waals surface area contributed by atoms with Crippen molar-refractivity contribution in [2.24, 2.45) is 0 Å². The van der Waals surface area contributed by atoms with E-state index in [4.69, 9.17) is 6.42 Å². The van der Waals surface area contributed by atoms with E-state index < -0.39 is 12.1 Å². The van der Waals surface area contributed by atoms with Crippen LogP contribution in [0.15, 0.2) is 29.6 Å². The largest absolute Gasteiger partial charge is 0.394 e. The third-order valence-electron chi connectivity index (χ3n) is 4.29. The molecule has 1 unspecified atom stereocenters. The lowest BCUT2D eigenvalue weighted by Crippen LogP contribution is -2.35. The highest BCUT2D eigenvalue weighted by molar-refractivity contribution is 7.10. The Morgan fingerprint density at radius 2 is 2.15 bits per heavy atom. The van der Waals surface area contributed by atoms with Crippen molar-refractivity contribution >= 4 is 34.8 Å². The highest BCUT2D eigenvalue weighted by Gasteiger charge is 2.20. The number of aromatic nitrogens is 1. The highest BCUT2D eigenvalue weighted by Crippen LogP contribution is 2.23. The van der Waals surface area contributed by atoms with Gasteiger partial charge in [-0.2, -0.15) is 0 Å². The first-order chi connectivity index (χ1) is 13.1. The average molecular weight is 384 g/mol. The van der Waals surface area contributed by atoms with Crippen molar-refractivity contribution in [1.29, 1.82) is 0 Å². The lowest BCUT2D eigenvalue weighted by Gasteiger charge is -2.27. The Balaban J connectivity index is 1.63. The molecule has 0 saturated carbocycles. The van der Waals surface area contributed by atoms with Crippen molar-refractivity contribution in [1.82, 2.24) is 10.3 Å². The van der Waals surface area contributed by atoms with Crippen molar-refractivity contribution in [3.05, 3.63) is 40.2 Å². The molecule has 1 atom stereocenters. The number of aliphatic hydroxyl groups is 1. The summed E-state index contributed by atoms with van der Waals surface area (Å²) in [4.78, 5) is 30.0. The van der Waals surface area contributed by atoms with Crippen LogP contribution < -0.4 is 15.5 Å². The van der Waals surface area contributed by atoms with Crippen LogP contribution in [0, 0.1) is 12.3 Å². The van der Waals surface area contributed by atoms with E-state index in [1.165, 1.54) is 11.3 Å². The van der Waals surface area contributed by atoms with Gasteiger partial charge in [-0.05, 0) is 36.5 Å². The minimum Gasteiger partial charge on any atom is -0.394 e. The van der Waals surface area contributed by atoms with Crippen LogP contribution in [-0.2, 0) is 4.79 Å². The highest BCUT2D eigenvalue weighted by atomic mass is 32.1. The predicted octanol–water partition coefficient (Wildman–Crippen LogP) is 2.50. The molecule has 1 aliphatic rings. The second kappa shape index (κ2) is 8.66. The maximum Gasteiger partial charge on any atom is 0.320 e. The Kier molecular flexibility index (Phi) is 6.06. The van der Waals surface area contributed by atoms with Crippen LogP contribution in [0.1, 0.15) is 35.9 Å². The first-order valence-electron chi connectivity index (χ1n) is 8.61. The second-order valence-electron chi connectivity index (χ2n) is 6.11. The topological polar surface area (TPSA) is 94.6 Å². The van der Waals surface area contributed by atoms with E-state index in [1.807, 2.05) is 12.1 Å². The average Bonchev–Trinajstić information content (AvgIpc) is 3.14. The molecule has 2 aromatic rings. The van der Waals surface area contributed by atoms with Gasteiger partial charge in [-0.3, -0.25) is 10.1 Å². The maximum atomic E-state index is 12.1. The van der Waals surface area contributed by atoms with Gasteiger partial charge in [-0.15, -0.1) is 17.8 Å². The Hall–Kier alpha value is -2.89. The molecule has 3 N–H and O–H groups in total. The Morgan fingerprint density at radius 1 is 1.37 bits per heavy atom. The molecule has 1 saturated heterocycles. The standard InChI is InChI=1S/C19H20N4O3S/c1-2-17-21-16(12-27-17)22-19(26)20-15(11-24)13-6-8-14(9-7-13)23-10-4-3-5-18(23)25/h1,6-9,12,15,24H,3-5,10-11H2,(H2,20,22,26). The number of terminal acetylenes is 1. The molecular formula is C19H20N4O3S. The van der Waals surface area contributed by atoms with Crippen LogP contribution in [0.4, 0.5) is 16.3 Å². The molecule has 1 aromatic heterocycles. The Bertz CT molecular complexity index is 857. The molecule has 1 fully saturated rings. The number of piperidine rings is 1. The summed E-state index contributed by atoms with van der Waals surface area (Å²) in [5.74, 6) is 2.89. The van der Waals surface area contributed by atoms with Crippen LogP contribution in [0.25, 0.3) is 0 Å². The van der Waals surface area contributed by atoms with E-state index >= 15 is 0 Å². The van der Waals surface area contributed by atoms with Gasteiger partial charge in [0.15, 0.2) is 5.01 Å². The lowest BCUT2D eigenvalue weighted by molar-refractivity contribution is -0.119. The molecule has 3 rings (SSSR count). The molecule has 3 amide bonds. The predicted molar refractivity (Wildman–Crippen MR) is 105 cm³/mol. The Labute approximate surface area is 161 Å². The summed E-state index contributed by atoms with van der Waals surface area (Å²) in [6.45, 7) is 0.456. The summed E-state index contributed by atoms with van der Waals surface area (Å²) in [5, 5.41) is 17.1. The van der Waals surface area contributed by atoms with Crippen LogP contribution in [0.2, 0.25) is 0 Å². The van der Waals surface area contributed by atoms with Crippen molar-refractivity contribution in [2.45, 2.75) is 25.3 Å². The van der Waals surface area contributed by atoms with E-state index in [9.17, 15) is 14.7 Å². The fourth-order valence-electron chi connectivity index (χ4n) is 2.91. The van der Waals surface area contributed by atoms with Crippen molar-refractivity contribution in [3.63, 3.8) is 0 Å². The molecule has 0 aliphatic carbocycles. The van der Waals surface area contributed by atoms with Crippen LogP contribution >= 0.6 is 11.3 Å². The van der Waals surface area contributed by atoms with Gasteiger partial charge in [0.05, 0.1) is 12.6 Å². The smallest absolute Gasteiger partial charge is 0.320 e. The molecule has 7 nitrogen and oxygen atoms in total. The number of nitrogens with one attached hydrogen (secondary N) is 2. The molecule has 0 spiro atoms. The van der Waals surface area contributed by atoms with Gasteiger partial charge in [0.1, 0.15) is 5.82 Å². The van der Waals surface area contributed by atoms with Crippen molar-refractivity contribution in [3.8, 4) is 12.3 Å². The molecular weight excluding hydrogens is 364 g/mol. The summed E-state index contributed by atoms with van der Waals surface area (Å²) < 4.78 is 0. The molecule has 0 bridgehead atoms. The van der Waals surface area contributed by atoms with E-state index in [0.29, 0.717) is 17.2 Å². The summed E-state index contributed by atoms with van der Waals surface area (Å²) in [7, 11) is 0. The number of carbonyl (C=O) groups excluding carboxylic acids is 2. The summed E-state index contributed by atoms with van der Waals surface area (Å²) >= 11 is 1.26. The molecule has 8 heteroatoms. The number of hydrogen-bond donors (Lipinski definition) is 3. The molecule has 2 heterocycles. The van der Waals surface area contributed by atoms with E-state index in [2.05, 4.69) is 21.5 Å². The number of urea groups is 1. The molecule has 27 heavy (non-hydrogen) atoms. The van der Waals surface area contributed by atoms with Crippen molar-refractivity contribution in [2.75, 3.05) is 23.4 Å². The number of thiazole rings is 1. The quantitative estimate of drug-likeness (QED) is 0.691. The first-order valence-corrected chi connectivity index (χ1v) is 9.49. The zero-order valence-corrected chi connectivity index (χ0v) is 15.5. The molecule has 1 aliphatic heterocycles. The fourth-order valence-corrected chi connectivity index (χ4v) is 3.46. The lowest BCUT2D eigenvalue weighted by atomic mass is 10.1. The summed E-state index contributed by atoms with van der Waals surface area (Å²) in [6, 6.07) is 6.20. The number of hydrogen-bond acceptors (Lipinski definition) is 5. The first kappa shape index (κ1) is 18.9. The minimum absolute atomic E-state index is 0.125. The van der Waals surface area contributed by atoms with Crippen LogP contribution in [0.3, 0.4) is 0 Å². The number of rotatable bonds is 5. The van der Waals surface area contributed by atoms with Gasteiger partial charge >= 0.3 is 6.03 Å². The van der Waals surface area contributed by atoms with Gasteiger partial charge in [0.25, 0.3) is 0 Å².